The van der Waals surface area contributed by atoms with E-state index in [1.54, 1.807) is 24.3 Å². The third kappa shape index (κ3) is 4.69. The number of hydrogen-bond acceptors (Lipinski definition) is 3. The molecule has 19 heavy (non-hydrogen) atoms. The molecule has 0 spiro atoms. The molecule has 1 unspecified atom stereocenters. The highest BCUT2D eigenvalue weighted by molar-refractivity contribution is 5.95. The lowest BCUT2D eigenvalue weighted by Gasteiger charge is -2.10. The highest BCUT2D eigenvalue weighted by Crippen LogP contribution is 2.13. The van der Waals surface area contributed by atoms with Gasteiger partial charge in [-0.3, -0.25) is 4.79 Å². The Morgan fingerprint density at radius 1 is 1.26 bits per heavy atom. The van der Waals surface area contributed by atoms with E-state index in [2.05, 4.69) is 21.9 Å². The molecular formula is C13H16N4O2. The molecule has 0 saturated carbocycles. The Labute approximate surface area is 111 Å². The molecule has 0 fully saturated rings. The summed E-state index contributed by atoms with van der Waals surface area (Å²) in [7, 11) is 1.52. The van der Waals surface area contributed by atoms with Gasteiger partial charge in [0.25, 0.3) is 0 Å². The monoisotopic (exact) mass is 260 g/mol. The number of rotatable bonds is 4. The first kappa shape index (κ1) is 14.5. The number of amides is 3. The number of urea groups is 1. The number of hydrogen-bond donors (Lipinski definition) is 4. The van der Waals surface area contributed by atoms with Crippen molar-refractivity contribution in [3.8, 4) is 12.3 Å². The number of anilines is 2. The second-order valence-corrected chi connectivity index (χ2v) is 3.79. The van der Waals surface area contributed by atoms with Crippen LogP contribution in [0, 0.1) is 12.3 Å². The van der Waals surface area contributed by atoms with E-state index < -0.39 is 6.04 Å². The first-order chi connectivity index (χ1) is 9.06. The molecule has 0 heterocycles. The first-order valence-corrected chi connectivity index (χ1v) is 5.65. The second-order valence-electron chi connectivity index (χ2n) is 3.79. The molecule has 1 atom stereocenters. The molecule has 6 nitrogen and oxygen atoms in total. The molecule has 5 N–H and O–H groups in total. The lowest BCUT2D eigenvalue weighted by Crippen LogP contribution is -2.35. The molecule has 1 aromatic rings. The highest BCUT2D eigenvalue weighted by Gasteiger charge is 2.11. The van der Waals surface area contributed by atoms with Gasteiger partial charge in [0.1, 0.15) is 0 Å². The molecule has 0 aliphatic heterocycles. The minimum atomic E-state index is -0.728. The summed E-state index contributed by atoms with van der Waals surface area (Å²) < 4.78 is 0. The Morgan fingerprint density at radius 3 is 2.26 bits per heavy atom. The standard InChI is InChI=1S/C13H16N4O2/c1-3-4-11(14)12(18)16-9-5-7-10(8-6-9)17-13(19)15-2/h1,5-8,11H,4,14H2,2H3,(H,16,18)(H2,15,17,19). The van der Waals surface area contributed by atoms with E-state index in [0.29, 0.717) is 11.4 Å². The molecule has 0 radical (unpaired) electrons. The van der Waals surface area contributed by atoms with Gasteiger partial charge in [0.15, 0.2) is 0 Å². The van der Waals surface area contributed by atoms with E-state index in [4.69, 9.17) is 12.2 Å². The van der Waals surface area contributed by atoms with Crippen molar-refractivity contribution in [3.05, 3.63) is 24.3 Å². The van der Waals surface area contributed by atoms with Crippen LogP contribution in [0.3, 0.4) is 0 Å². The van der Waals surface area contributed by atoms with Crippen LogP contribution in [-0.4, -0.2) is 25.0 Å². The second kappa shape index (κ2) is 7.03. The SMILES string of the molecule is C#CCC(N)C(=O)Nc1ccc(NC(=O)NC)cc1. The molecule has 0 aromatic heterocycles. The average molecular weight is 260 g/mol. The first-order valence-electron chi connectivity index (χ1n) is 5.65. The maximum absolute atomic E-state index is 11.6. The largest absolute Gasteiger partial charge is 0.341 e. The predicted molar refractivity (Wildman–Crippen MR) is 74.6 cm³/mol. The molecule has 0 saturated heterocycles. The lowest BCUT2D eigenvalue weighted by atomic mass is 10.2. The summed E-state index contributed by atoms with van der Waals surface area (Å²) in [5.74, 6) is 1.99. The average Bonchev–Trinajstić information content (AvgIpc) is 2.41. The minimum Gasteiger partial charge on any atom is -0.341 e. The number of carbonyl (C=O) groups excluding carboxylic acids is 2. The van der Waals surface area contributed by atoms with Gasteiger partial charge in [-0.05, 0) is 24.3 Å². The van der Waals surface area contributed by atoms with E-state index in [0.717, 1.165) is 0 Å². The number of terminal acetylenes is 1. The van der Waals surface area contributed by atoms with E-state index in [9.17, 15) is 9.59 Å². The van der Waals surface area contributed by atoms with Gasteiger partial charge in [0.2, 0.25) is 5.91 Å². The van der Waals surface area contributed by atoms with Crippen LogP contribution < -0.4 is 21.7 Å². The lowest BCUT2D eigenvalue weighted by molar-refractivity contribution is -0.117. The van der Waals surface area contributed by atoms with Crippen LogP contribution in [0.2, 0.25) is 0 Å². The van der Waals surface area contributed by atoms with Crippen LogP contribution in [0.25, 0.3) is 0 Å². The number of nitrogens with one attached hydrogen (secondary N) is 3. The van der Waals surface area contributed by atoms with Crippen molar-refractivity contribution in [2.24, 2.45) is 5.73 Å². The van der Waals surface area contributed by atoms with Crippen molar-refractivity contribution >= 4 is 23.3 Å². The summed E-state index contributed by atoms with van der Waals surface area (Å²) >= 11 is 0. The molecule has 3 amide bonds. The fourth-order valence-electron chi connectivity index (χ4n) is 1.29. The van der Waals surface area contributed by atoms with Crippen LogP contribution in [0.5, 0.6) is 0 Å². The van der Waals surface area contributed by atoms with Gasteiger partial charge in [0, 0.05) is 24.8 Å². The Morgan fingerprint density at radius 2 is 1.79 bits per heavy atom. The Kier molecular flexibility index (Phi) is 5.38. The predicted octanol–water partition coefficient (Wildman–Crippen LogP) is 0.727. The minimum absolute atomic E-state index is 0.183. The Balaban J connectivity index is 2.60. The van der Waals surface area contributed by atoms with E-state index in [1.165, 1.54) is 7.05 Å². The van der Waals surface area contributed by atoms with Crippen LogP contribution in [0.15, 0.2) is 24.3 Å². The quantitative estimate of drug-likeness (QED) is 0.601. The van der Waals surface area contributed by atoms with Crippen molar-refractivity contribution in [1.82, 2.24) is 5.32 Å². The van der Waals surface area contributed by atoms with Crippen molar-refractivity contribution in [3.63, 3.8) is 0 Å². The van der Waals surface area contributed by atoms with Crippen molar-refractivity contribution < 1.29 is 9.59 Å². The fourth-order valence-corrected chi connectivity index (χ4v) is 1.29. The third-order valence-electron chi connectivity index (χ3n) is 2.31. The van der Waals surface area contributed by atoms with Crippen LogP contribution in [0.4, 0.5) is 16.2 Å². The van der Waals surface area contributed by atoms with Gasteiger partial charge in [-0.15, -0.1) is 12.3 Å². The molecule has 0 aliphatic carbocycles. The normalized spacial score (nSPS) is 11.0. The summed E-state index contributed by atoms with van der Waals surface area (Å²) in [6, 6.07) is 5.61. The van der Waals surface area contributed by atoms with Gasteiger partial charge in [0.05, 0.1) is 6.04 Å². The van der Waals surface area contributed by atoms with Crippen molar-refractivity contribution in [2.75, 3.05) is 17.7 Å². The Bertz CT molecular complexity index is 490. The maximum Gasteiger partial charge on any atom is 0.318 e. The maximum atomic E-state index is 11.6. The third-order valence-corrected chi connectivity index (χ3v) is 2.31. The van der Waals surface area contributed by atoms with Gasteiger partial charge < -0.3 is 21.7 Å². The highest BCUT2D eigenvalue weighted by atomic mass is 16.2. The van der Waals surface area contributed by atoms with Crippen LogP contribution in [-0.2, 0) is 4.79 Å². The topological polar surface area (TPSA) is 96.2 Å². The summed E-state index contributed by atoms with van der Waals surface area (Å²) in [5, 5.41) is 7.67. The molecule has 0 aliphatic rings. The van der Waals surface area contributed by atoms with Gasteiger partial charge in [-0.1, -0.05) is 0 Å². The summed E-state index contributed by atoms with van der Waals surface area (Å²) in [6.07, 6.45) is 5.27. The number of nitrogens with two attached hydrogens (primary N) is 1. The summed E-state index contributed by atoms with van der Waals surface area (Å²) in [6.45, 7) is 0. The van der Waals surface area contributed by atoms with Gasteiger partial charge >= 0.3 is 6.03 Å². The zero-order valence-corrected chi connectivity index (χ0v) is 10.6. The van der Waals surface area contributed by atoms with Gasteiger partial charge in [-0.25, -0.2) is 4.79 Å². The smallest absolute Gasteiger partial charge is 0.318 e. The summed E-state index contributed by atoms with van der Waals surface area (Å²) in [4.78, 5) is 22.7. The zero-order chi connectivity index (χ0) is 14.3. The van der Waals surface area contributed by atoms with E-state index >= 15 is 0 Å². The van der Waals surface area contributed by atoms with Crippen LogP contribution in [0.1, 0.15) is 6.42 Å². The van der Waals surface area contributed by atoms with E-state index in [-0.39, 0.29) is 18.4 Å². The van der Waals surface area contributed by atoms with E-state index in [1.807, 2.05) is 0 Å². The molecule has 0 bridgehead atoms. The molecular weight excluding hydrogens is 244 g/mol. The number of benzene rings is 1. The van der Waals surface area contributed by atoms with Gasteiger partial charge in [-0.2, -0.15) is 0 Å². The van der Waals surface area contributed by atoms with Crippen molar-refractivity contribution in [2.45, 2.75) is 12.5 Å². The molecule has 6 heteroatoms. The zero-order valence-electron chi connectivity index (χ0n) is 10.6. The number of carbonyl (C=O) groups is 2. The molecule has 1 aromatic carbocycles. The molecule has 100 valence electrons. The van der Waals surface area contributed by atoms with Crippen molar-refractivity contribution in [1.29, 1.82) is 0 Å². The summed E-state index contributed by atoms with van der Waals surface area (Å²) in [5.41, 5.74) is 6.77. The fraction of sp³-hybridized carbons (Fsp3) is 0.231. The van der Waals surface area contributed by atoms with Crippen LogP contribution >= 0.6 is 0 Å². The Hall–Kier alpha value is -2.52. The molecule has 1 rings (SSSR count).